The molecule has 0 aliphatic carbocycles. The number of carbonyl (C=O) groups excluding carboxylic acids is 2. The van der Waals surface area contributed by atoms with Crippen LogP contribution in [0.5, 0.6) is 0 Å². The predicted molar refractivity (Wildman–Crippen MR) is 109 cm³/mol. The molecule has 0 spiro atoms. The van der Waals surface area contributed by atoms with Crippen molar-refractivity contribution in [2.75, 3.05) is 30.8 Å². The van der Waals surface area contributed by atoms with Gasteiger partial charge in [-0.15, -0.1) is 0 Å². The number of rotatable bonds is 9. The Bertz CT molecular complexity index is 1160. The molecule has 13 heteroatoms. The molecule has 2 aromatic carbocycles. The van der Waals surface area contributed by atoms with Gasteiger partial charge in [0.2, 0.25) is 10.0 Å². The number of anilines is 2. The van der Waals surface area contributed by atoms with Crippen LogP contribution in [0.1, 0.15) is 5.56 Å². The van der Waals surface area contributed by atoms with Crippen molar-refractivity contribution in [3.8, 4) is 6.07 Å². The number of nitrogens with zero attached hydrogens (tertiary/aromatic N) is 2. The molecule has 162 valence electrons. The van der Waals surface area contributed by atoms with Crippen LogP contribution >= 0.6 is 0 Å². The Hall–Kier alpha value is -4.02. The molecule has 3 N–H and O–H groups in total. The maximum atomic E-state index is 12.3. The summed E-state index contributed by atoms with van der Waals surface area (Å²) in [6.45, 7) is -1.47. The molecular formula is C18H17N5O7S. The summed E-state index contributed by atoms with van der Waals surface area (Å²) in [5, 5.41) is 24.9. The van der Waals surface area contributed by atoms with Gasteiger partial charge in [-0.1, -0.05) is 6.07 Å². The fraction of sp³-hybridized carbons (Fsp3) is 0.167. The number of nitrogens with one attached hydrogen (secondary N) is 3. The molecule has 0 aliphatic heterocycles. The van der Waals surface area contributed by atoms with E-state index in [0.29, 0.717) is 11.3 Å². The van der Waals surface area contributed by atoms with Crippen LogP contribution in [0.2, 0.25) is 0 Å². The molecule has 12 nitrogen and oxygen atoms in total. The maximum Gasteiger partial charge on any atom is 0.321 e. The molecule has 0 aliphatic rings. The fourth-order valence-corrected chi connectivity index (χ4v) is 3.33. The van der Waals surface area contributed by atoms with Gasteiger partial charge in [0.25, 0.3) is 11.6 Å². The first kappa shape index (κ1) is 23.3. The van der Waals surface area contributed by atoms with Crippen molar-refractivity contribution in [3.05, 3.63) is 58.1 Å². The van der Waals surface area contributed by atoms with E-state index in [1.54, 1.807) is 12.1 Å². The Morgan fingerprint density at radius 1 is 1.23 bits per heavy atom. The van der Waals surface area contributed by atoms with Crippen molar-refractivity contribution < 1.29 is 27.7 Å². The normalized spacial score (nSPS) is 10.6. The smallest absolute Gasteiger partial charge is 0.321 e. The summed E-state index contributed by atoms with van der Waals surface area (Å²) in [4.78, 5) is 33.5. The lowest BCUT2D eigenvalue weighted by molar-refractivity contribution is -0.384. The van der Waals surface area contributed by atoms with Gasteiger partial charge in [0.15, 0.2) is 6.61 Å². The number of carbonyl (C=O) groups is 2. The Balaban J connectivity index is 1.91. The van der Waals surface area contributed by atoms with Crippen molar-refractivity contribution in [2.24, 2.45) is 0 Å². The van der Waals surface area contributed by atoms with Crippen molar-refractivity contribution in [2.45, 2.75) is 4.90 Å². The summed E-state index contributed by atoms with van der Waals surface area (Å²) < 4.78 is 31.2. The highest BCUT2D eigenvalue weighted by atomic mass is 32.2. The number of esters is 1. The molecule has 0 aromatic heterocycles. The van der Waals surface area contributed by atoms with E-state index in [2.05, 4.69) is 10.6 Å². The van der Waals surface area contributed by atoms with Crippen molar-refractivity contribution in [1.82, 2.24) is 4.72 Å². The molecule has 0 bridgehead atoms. The van der Waals surface area contributed by atoms with E-state index in [9.17, 15) is 28.1 Å². The predicted octanol–water partition coefficient (Wildman–Crippen LogP) is 0.968. The van der Waals surface area contributed by atoms with E-state index in [1.807, 2.05) is 10.8 Å². The molecular weight excluding hydrogens is 430 g/mol. The molecule has 0 fully saturated rings. The summed E-state index contributed by atoms with van der Waals surface area (Å²) in [6, 6.07) is 11.2. The first-order valence-electron chi connectivity index (χ1n) is 8.58. The second-order valence-corrected chi connectivity index (χ2v) is 7.68. The summed E-state index contributed by atoms with van der Waals surface area (Å²) in [5.74, 6) is -1.73. The van der Waals surface area contributed by atoms with Gasteiger partial charge in [-0.2, -0.15) is 9.98 Å². The number of amides is 1. The van der Waals surface area contributed by atoms with Crippen LogP contribution in [0.3, 0.4) is 0 Å². The number of hydrogen-bond donors (Lipinski definition) is 3. The number of nitro groups is 1. The van der Waals surface area contributed by atoms with Gasteiger partial charge >= 0.3 is 5.97 Å². The third-order valence-electron chi connectivity index (χ3n) is 3.79. The van der Waals surface area contributed by atoms with Crippen LogP contribution in [0.25, 0.3) is 0 Å². The van der Waals surface area contributed by atoms with E-state index in [1.165, 1.54) is 25.2 Å². The van der Waals surface area contributed by atoms with Gasteiger partial charge in [-0.25, -0.2) is 8.42 Å². The second kappa shape index (κ2) is 10.1. The van der Waals surface area contributed by atoms with E-state index >= 15 is 0 Å². The summed E-state index contributed by atoms with van der Waals surface area (Å²) in [7, 11) is -2.80. The minimum absolute atomic E-state index is 0.120. The molecule has 2 rings (SSSR count). The zero-order valence-corrected chi connectivity index (χ0v) is 16.9. The first-order chi connectivity index (χ1) is 14.7. The maximum absolute atomic E-state index is 12.3. The molecule has 0 saturated carbocycles. The van der Waals surface area contributed by atoms with Gasteiger partial charge in [0.1, 0.15) is 12.2 Å². The quantitative estimate of drug-likeness (QED) is 0.286. The summed E-state index contributed by atoms with van der Waals surface area (Å²) in [6.07, 6.45) is 0. The fourth-order valence-electron chi connectivity index (χ4n) is 2.34. The number of benzene rings is 2. The highest BCUT2D eigenvalue weighted by molar-refractivity contribution is 7.89. The number of nitriles is 1. The van der Waals surface area contributed by atoms with E-state index in [0.717, 1.165) is 12.1 Å². The van der Waals surface area contributed by atoms with Gasteiger partial charge < -0.3 is 15.4 Å². The molecule has 31 heavy (non-hydrogen) atoms. The standard InChI is InChI=1S/C18H17N5O7S/c1-20-15-6-5-14(8-16(15)23(26)27)31(28,29)21-10-18(25)30-11-17(24)22-13-4-2-3-12(7-13)9-19/h2-8,20-21H,10-11H2,1H3,(H,22,24). The van der Waals surface area contributed by atoms with Crippen LogP contribution in [0.15, 0.2) is 47.4 Å². The molecule has 0 atom stereocenters. The SMILES string of the molecule is CNc1ccc(S(=O)(=O)NCC(=O)OCC(=O)Nc2cccc(C#N)c2)cc1[N+](=O)[O-]. The Morgan fingerprint density at radius 2 is 1.97 bits per heavy atom. The van der Waals surface area contributed by atoms with E-state index < -0.39 is 50.6 Å². The average molecular weight is 447 g/mol. The molecule has 1 amide bonds. The van der Waals surface area contributed by atoms with Gasteiger partial charge in [-0.05, 0) is 30.3 Å². The van der Waals surface area contributed by atoms with E-state index in [4.69, 9.17) is 10.00 Å². The average Bonchev–Trinajstić information content (AvgIpc) is 2.75. The van der Waals surface area contributed by atoms with Crippen LogP contribution in [0.4, 0.5) is 17.1 Å². The van der Waals surface area contributed by atoms with Gasteiger partial charge in [0, 0.05) is 18.8 Å². The lowest BCUT2D eigenvalue weighted by atomic mass is 10.2. The Morgan fingerprint density at radius 3 is 2.61 bits per heavy atom. The van der Waals surface area contributed by atoms with Crippen LogP contribution in [0, 0.1) is 21.4 Å². The van der Waals surface area contributed by atoms with Crippen molar-refractivity contribution in [3.63, 3.8) is 0 Å². The topological polar surface area (TPSA) is 181 Å². The molecule has 0 saturated heterocycles. The number of sulfonamides is 1. The minimum Gasteiger partial charge on any atom is -0.455 e. The summed E-state index contributed by atoms with van der Waals surface area (Å²) in [5.41, 5.74) is 0.319. The molecule has 2 aromatic rings. The Kier molecular flexibility index (Phi) is 7.61. The number of nitro benzene ring substituents is 1. The van der Waals surface area contributed by atoms with Gasteiger partial charge in [-0.3, -0.25) is 19.7 Å². The summed E-state index contributed by atoms with van der Waals surface area (Å²) >= 11 is 0. The second-order valence-electron chi connectivity index (χ2n) is 5.91. The highest BCUT2D eigenvalue weighted by Crippen LogP contribution is 2.26. The number of hydrogen-bond acceptors (Lipinski definition) is 9. The third kappa shape index (κ3) is 6.49. The molecule has 0 radical (unpaired) electrons. The lowest BCUT2D eigenvalue weighted by Gasteiger charge is -2.09. The lowest BCUT2D eigenvalue weighted by Crippen LogP contribution is -2.32. The van der Waals surface area contributed by atoms with Crippen LogP contribution in [-0.4, -0.2) is 45.4 Å². The van der Waals surface area contributed by atoms with E-state index in [-0.39, 0.29) is 5.69 Å². The van der Waals surface area contributed by atoms with Crippen LogP contribution < -0.4 is 15.4 Å². The van der Waals surface area contributed by atoms with Crippen molar-refractivity contribution >= 4 is 39.0 Å². The zero-order valence-electron chi connectivity index (χ0n) is 16.1. The largest absolute Gasteiger partial charge is 0.455 e. The molecule has 0 heterocycles. The third-order valence-corrected chi connectivity index (χ3v) is 5.19. The van der Waals surface area contributed by atoms with Crippen LogP contribution in [-0.2, 0) is 24.3 Å². The van der Waals surface area contributed by atoms with Crippen molar-refractivity contribution in [1.29, 1.82) is 5.26 Å². The zero-order chi connectivity index (χ0) is 23.0. The minimum atomic E-state index is -4.25. The monoisotopic (exact) mass is 447 g/mol. The number of ether oxygens (including phenoxy) is 1. The Labute approximate surface area is 177 Å². The molecule has 0 unspecified atom stereocenters. The highest BCUT2D eigenvalue weighted by Gasteiger charge is 2.22. The van der Waals surface area contributed by atoms with Gasteiger partial charge in [0.05, 0.1) is 21.5 Å². The first-order valence-corrected chi connectivity index (χ1v) is 10.1.